The summed E-state index contributed by atoms with van der Waals surface area (Å²) in [4.78, 5) is 10.4. The molecule has 58 valence electrons. The van der Waals surface area contributed by atoms with Gasteiger partial charge < -0.3 is 10.4 Å². The highest BCUT2D eigenvalue weighted by molar-refractivity contribution is 5.87. The quantitative estimate of drug-likeness (QED) is 0.547. The van der Waals surface area contributed by atoms with Gasteiger partial charge in [0, 0.05) is 12.2 Å². The SMILES string of the molecule is CC(=O)/C=C(/C)NCCO. The molecule has 0 aromatic carbocycles. The van der Waals surface area contributed by atoms with E-state index in [-0.39, 0.29) is 12.4 Å². The standard InChI is InChI=1S/C7H13NO2/c1-6(5-7(2)10)8-3-4-9/h5,8-9H,3-4H2,1-2H3/b6-5-. The molecule has 2 N–H and O–H groups in total. The molecule has 0 aliphatic heterocycles. The summed E-state index contributed by atoms with van der Waals surface area (Å²) in [6.07, 6.45) is 1.50. The number of allylic oxidation sites excluding steroid dienone is 2. The van der Waals surface area contributed by atoms with E-state index in [0.717, 1.165) is 5.70 Å². The van der Waals surface area contributed by atoms with Crippen LogP contribution >= 0.6 is 0 Å². The average Bonchev–Trinajstić information content (AvgIpc) is 1.82. The molecule has 0 aliphatic carbocycles. The van der Waals surface area contributed by atoms with Crippen LogP contribution in [0.4, 0.5) is 0 Å². The zero-order valence-electron chi connectivity index (χ0n) is 6.35. The van der Waals surface area contributed by atoms with E-state index in [1.807, 2.05) is 0 Å². The minimum absolute atomic E-state index is 0.0166. The van der Waals surface area contributed by atoms with Crippen molar-refractivity contribution in [2.24, 2.45) is 0 Å². The van der Waals surface area contributed by atoms with Gasteiger partial charge in [-0.15, -0.1) is 0 Å². The van der Waals surface area contributed by atoms with Crippen LogP contribution in [0.1, 0.15) is 13.8 Å². The maximum atomic E-state index is 10.4. The Morgan fingerprint density at radius 2 is 2.20 bits per heavy atom. The lowest BCUT2D eigenvalue weighted by Crippen LogP contribution is -2.16. The van der Waals surface area contributed by atoms with Crippen molar-refractivity contribution in [3.05, 3.63) is 11.8 Å². The van der Waals surface area contributed by atoms with Gasteiger partial charge in [-0.3, -0.25) is 4.79 Å². The second-order valence-corrected chi connectivity index (χ2v) is 2.09. The minimum atomic E-state index is 0.0166. The zero-order valence-corrected chi connectivity index (χ0v) is 6.35. The molecule has 0 spiro atoms. The van der Waals surface area contributed by atoms with Crippen LogP contribution < -0.4 is 5.32 Å². The second kappa shape index (κ2) is 4.99. The number of ketones is 1. The first-order valence-corrected chi connectivity index (χ1v) is 3.20. The van der Waals surface area contributed by atoms with Crippen molar-refractivity contribution in [2.45, 2.75) is 13.8 Å². The lowest BCUT2D eigenvalue weighted by Gasteiger charge is -2.01. The van der Waals surface area contributed by atoms with Gasteiger partial charge in [0.2, 0.25) is 0 Å². The average molecular weight is 143 g/mol. The Bertz CT molecular complexity index is 141. The molecular formula is C7H13NO2. The number of rotatable bonds is 4. The summed E-state index contributed by atoms with van der Waals surface area (Å²) in [6, 6.07) is 0. The highest BCUT2D eigenvalue weighted by Crippen LogP contribution is 1.85. The third-order valence-electron chi connectivity index (χ3n) is 0.935. The molecule has 0 aromatic rings. The van der Waals surface area contributed by atoms with Gasteiger partial charge in [0.05, 0.1) is 6.61 Å². The number of aliphatic hydroxyl groups is 1. The summed E-state index contributed by atoms with van der Waals surface area (Å²) in [5.74, 6) is 0.0166. The Hall–Kier alpha value is -0.830. The highest BCUT2D eigenvalue weighted by Gasteiger charge is 1.88. The van der Waals surface area contributed by atoms with E-state index >= 15 is 0 Å². The fourth-order valence-corrected chi connectivity index (χ4v) is 0.609. The topological polar surface area (TPSA) is 49.3 Å². The van der Waals surface area contributed by atoms with Crippen LogP contribution in [0.3, 0.4) is 0 Å². The molecule has 0 radical (unpaired) electrons. The maximum absolute atomic E-state index is 10.4. The van der Waals surface area contributed by atoms with E-state index < -0.39 is 0 Å². The van der Waals surface area contributed by atoms with Gasteiger partial charge in [-0.05, 0) is 19.9 Å². The van der Waals surface area contributed by atoms with Crippen molar-refractivity contribution in [1.29, 1.82) is 0 Å². The Morgan fingerprint density at radius 1 is 1.60 bits per heavy atom. The Morgan fingerprint density at radius 3 is 2.60 bits per heavy atom. The summed E-state index contributed by atoms with van der Waals surface area (Å²) in [6.45, 7) is 3.86. The predicted molar refractivity (Wildman–Crippen MR) is 39.5 cm³/mol. The number of hydrogen-bond donors (Lipinski definition) is 2. The molecule has 0 atom stereocenters. The predicted octanol–water partition coefficient (Wildman–Crippen LogP) is 0.0611. The van der Waals surface area contributed by atoms with Gasteiger partial charge in [0.25, 0.3) is 0 Å². The van der Waals surface area contributed by atoms with Gasteiger partial charge in [-0.1, -0.05) is 0 Å². The monoisotopic (exact) mass is 143 g/mol. The smallest absolute Gasteiger partial charge is 0.154 e. The summed E-state index contributed by atoms with van der Waals surface area (Å²) < 4.78 is 0. The third kappa shape index (κ3) is 5.31. The van der Waals surface area contributed by atoms with Crippen molar-refractivity contribution in [3.8, 4) is 0 Å². The van der Waals surface area contributed by atoms with E-state index in [0.29, 0.717) is 6.54 Å². The molecule has 3 heteroatoms. The summed E-state index contributed by atoms with van der Waals surface area (Å²) in [7, 11) is 0. The fourth-order valence-electron chi connectivity index (χ4n) is 0.609. The first-order chi connectivity index (χ1) is 4.66. The third-order valence-corrected chi connectivity index (χ3v) is 0.935. The maximum Gasteiger partial charge on any atom is 0.154 e. The molecule has 10 heavy (non-hydrogen) atoms. The summed E-state index contributed by atoms with van der Waals surface area (Å²) in [5, 5.41) is 11.2. The van der Waals surface area contributed by atoms with Crippen molar-refractivity contribution < 1.29 is 9.90 Å². The first kappa shape index (κ1) is 9.17. The van der Waals surface area contributed by atoms with Gasteiger partial charge in [0.1, 0.15) is 0 Å². The lowest BCUT2D eigenvalue weighted by atomic mass is 10.3. The highest BCUT2D eigenvalue weighted by atomic mass is 16.3. The lowest BCUT2D eigenvalue weighted by molar-refractivity contribution is -0.112. The van der Waals surface area contributed by atoms with Gasteiger partial charge in [-0.25, -0.2) is 0 Å². The summed E-state index contributed by atoms with van der Waals surface area (Å²) >= 11 is 0. The molecule has 0 bridgehead atoms. The molecule has 0 saturated heterocycles. The minimum Gasteiger partial charge on any atom is -0.395 e. The van der Waals surface area contributed by atoms with E-state index in [4.69, 9.17) is 5.11 Å². The molecule has 0 aliphatic rings. The molecule has 0 saturated carbocycles. The van der Waals surface area contributed by atoms with Gasteiger partial charge in [0.15, 0.2) is 5.78 Å². The van der Waals surface area contributed by atoms with Crippen LogP contribution in [0.5, 0.6) is 0 Å². The molecule has 0 fully saturated rings. The number of hydrogen-bond acceptors (Lipinski definition) is 3. The van der Waals surface area contributed by atoms with E-state index in [2.05, 4.69) is 5.32 Å². The molecule has 0 rings (SSSR count). The normalized spacial score (nSPS) is 11.3. The second-order valence-electron chi connectivity index (χ2n) is 2.09. The molecule has 3 nitrogen and oxygen atoms in total. The zero-order chi connectivity index (χ0) is 7.98. The van der Waals surface area contributed by atoms with Crippen LogP contribution in [-0.2, 0) is 4.79 Å². The number of nitrogens with one attached hydrogen (secondary N) is 1. The van der Waals surface area contributed by atoms with Crippen LogP contribution in [0.25, 0.3) is 0 Å². The van der Waals surface area contributed by atoms with E-state index in [1.165, 1.54) is 13.0 Å². The van der Waals surface area contributed by atoms with Crippen molar-refractivity contribution in [2.75, 3.05) is 13.2 Å². The van der Waals surface area contributed by atoms with Crippen molar-refractivity contribution in [3.63, 3.8) is 0 Å². The largest absolute Gasteiger partial charge is 0.395 e. The van der Waals surface area contributed by atoms with E-state index in [9.17, 15) is 4.79 Å². The van der Waals surface area contributed by atoms with Gasteiger partial charge >= 0.3 is 0 Å². The Balaban J connectivity index is 3.60. The number of carbonyl (C=O) groups excluding carboxylic acids is 1. The Kier molecular flexibility index (Phi) is 4.58. The number of aliphatic hydroxyl groups excluding tert-OH is 1. The summed E-state index contributed by atoms with van der Waals surface area (Å²) in [5.41, 5.74) is 0.793. The molecule has 0 unspecified atom stereocenters. The molecule has 0 aromatic heterocycles. The van der Waals surface area contributed by atoms with E-state index in [1.54, 1.807) is 6.92 Å². The van der Waals surface area contributed by atoms with Crippen LogP contribution in [0.15, 0.2) is 11.8 Å². The molecule has 0 heterocycles. The number of carbonyl (C=O) groups is 1. The van der Waals surface area contributed by atoms with Crippen LogP contribution in [-0.4, -0.2) is 24.0 Å². The van der Waals surface area contributed by atoms with Crippen LogP contribution in [0, 0.1) is 0 Å². The molecular weight excluding hydrogens is 130 g/mol. The Labute approximate surface area is 60.7 Å². The van der Waals surface area contributed by atoms with Crippen molar-refractivity contribution in [1.82, 2.24) is 5.32 Å². The van der Waals surface area contributed by atoms with Crippen LogP contribution in [0.2, 0.25) is 0 Å². The molecule has 0 amide bonds. The van der Waals surface area contributed by atoms with Crippen molar-refractivity contribution >= 4 is 5.78 Å². The van der Waals surface area contributed by atoms with Gasteiger partial charge in [-0.2, -0.15) is 0 Å². The fraction of sp³-hybridized carbons (Fsp3) is 0.571. The first-order valence-electron chi connectivity index (χ1n) is 3.20.